The number of hydrogen-bond donors (Lipinski definition) is 0. The van der Waals surface area contributed by atoms with Crippen LogP contribution < -0.4 is 4.18 Å². The SMILES string of the molecule is CCCCCCc1ccc(C(=O)N(Cc2cccc(OS(C)(=O)=O)c2)Cc2ccco2)cc1. The second kappa shape index (κ2) is 11.7. The highest BCUT2D eigenvalue weighted by molar-refractivity contribution is 7.86. The molecule has 3 aromatic rings. The number of amides is 1. The van der Waals surface area contributed by atoms with E-state index in [1.54, 1.807) is 35.4 Å². The zero-order valence-corrected chi connectivity index (χ0v) is 20.0. The quantitative estimate of drug-likeness (QED) is 0.255. The van der Waals surface area contributed by atoms with Crippen LogP contribution in [0.15, 0.2) is 71.3 Å². The first-order valence-corrected chi connectivity index (χ1v) is 13.0. The molecule has 6 nitrogen and oxygen atoms in total. The molecule has 0 aliphatic heterocycles. The summed E-state index contributed by atoms with van der Waals surface area (Å²) in [5.74, 6) is 0.755. The molecule has 7 heteroatoms. The summed E-state index contributed by atoms with van der Waals surface area (Å²) in [5, 5.41) is 0. The lowest BCUT2D eigenvalue weighted by atomic mass is 10.0. The maximum absolute atomic E-state index is 13.4. The lowest BCUT2D eigenvalue weighted by molar-refractivity contribution is 0.0717. The van der Waals surface area contributed by atoms with Crippen LogP contribution in [0.4, 0.5) is 0 Å². The van der Waals surface area contributed by atoms with Crippen LogP contribution in [0.5, 0.6) is 5.75 Å². The third kappa shape index (κ3) is 8.09. The highest BCUT2D eigenvalue weighted by Crippen LogP contribution is 2.20. The van der Waals surface area contributed by atoms with Crippen molar-refractivity contribution in [2.45, 2.75) is 52.1 Å². The van der Waals surface area contributed by atoms with E-state index >= 15 is 0 Å². The summed E-state index contributed by atoms with van der Waals surface area (Å²) < 4.78 is 33.4. The molecule has 0 atom stereocenters. The average molecular weight is 470 g/mol. The Morgan fingerprint density at radius 2 is 1.73 bits per heavy atom. The highest BCUT2D eigenvalue weighted by atomic mass is 32.2. The molecule has 0 aliphatic carbocycles. The molecule has 0 saturated carbocycles. The maximum atomic E-state index is 13.4. The Morgan fingerprint density at radius 1 is 0.939 bits per heavy atom. The summed E-state index contributed by atoms with van der Waals surface area (Å²) in [4.78, 5) is 15.0. The number of aryl methyl sites for hydroxylation is 1. The maximum Gasteiger partial charge on any atom is 0.306 e. The van der Waals surface area contributed by atoms with E-state index < -0.39 is 10.1 Å². The predicted molar refractivity (Wildman–Crippen MR) is 128 cm³/mol. The molecule has 0 aliphatic rings. The van der Waals surface area contributed by atoms with E-state index in [9.17, 15) is 13.2 Å². The number of furan rings is 1. The minimum Gasteiger partial charge on any atom is -0.467 e. The van der Waals surface area contributed by atoms with E-state index in [1.807, 2.05) is 36.4 Å². The van der Waals surface area contributed by atoms with Crippen molar-refractivity contribution >= 4 is 16.0 Å². The van der Waals surface area contributed by atoms with Crippen molar-refractivity contribution in [3.8, 4) is 5.75 Å². The first-order chi connectivity index (χ1) is 15.8. The Bertz CT molecular complexity index is 1120. The van der Waals surface area contributed by atoms with Gasteiger partial charge in [0.2, 0.25) is 0 Å². The van der Waals surface area contributed by atoms with Crippen molar-refractivity contribution in [2.24, 2.45) is 0 Å². The first kappa shape index (κ1) is 24.6. The molecule has 0 saturated heterocycles. The number of hydrogen-bond acceptors (Lipinski definition) is 5. The van der Waals surface area contributed by atoms with Gasteiger partial charge in [-0.1, -0.05) is 50.5 Å². The Kier molecular flexibility index (Phi) is 8.72. The van der Waals surface area contributed by atoms with Gasteiger partial charge in [-0.3, -0.25) is 4.79 Å². The fraction of sp³-hybridized carbons (Fsp3) is 0.346. The number of rotatable bonds is 12. The zero-order valence-electron chi connectivity index (χ0n) is 19.2. The zero-order chi connectivity index (χ0) is 23.7. The van der Waals surface area contributed by atoms with Gasteiger partial charge in [-0.2, -0.15) is 8.42 Å². The van der Waals surface area contributed by atoms with Gasteiger partial charge >= 0.3 is 10.1 Å². The van der Waals surface area contributed by atoms with Crippen LogP contribution >= 0.6 is 0 Å². The molecule has 1 amide bonds. The second-order valence-electron chi connectivity index (χ2n) is 8.18. The molecule has 0 radical (unpaired) electrons. The van der Waals surface area contributed by atoms with Crippen LogP contribution in [-0.2, 0) is 29.6 Å². The highest BCUT2D eigenvalue weighted by Gasteiger charge is 2.18. The molecule has 0 N–H and O–H groups in total. The fourth-order valence-electron chi connectivity index (χ4n) is 3.63. The number of benzene rings is 2. The lowest BCUT2D eigenvalue weighted by Crippen LogP contribution is -2.30. The molecule has 3 rings (SSSR count). The van der Waals surface area contributed by atoms with E-state index in [-0.39, 0.29) is 18.2 Å². The third-order valence-corrected chi connectivity index (χ3v) is 5.75. The van der Waals surface area contributed by atoms with Crippen LogP contribution in [0, 0.1) is 0 Å². The van der Waals surface area contributed by atoms with E-state index in [2.05, 4.69) is 6.92 Å². The lowest BCUT2D eigenvalue weighted by Gasteiger charge is -2.22. The van der Waals surface area contributed by atoms with Crippen molar-refractivity contribution in [3.05, 3.63) is 89.4 Å². The predicted octanol–water partition coefficient (Wildman–Crippen LogP) is 5.58. The van der Waals surface area contributed by atoms with Crippen molar-refractivity contribution in [1.29, 1.82) is 0 Å². The number of carbonyl (C=O) groups excluding carboxylic acids is 1. The summed E-state index contributed by atoms with van der Waals surface area (Å²) >= 11 is 0. The molecule has 176 valence electrons. The number of carbonyl (C=O) groups is 1. The Balaban J connectivity index is 1.75. The summed E-state index contributed by atoms with van der Waals surface area (Å²) in [6, 6.07) is 18.1. The van der Waals surface area contributed by atoms with E-state index in [0.29, 0.717) is 17.9 Å². The van der Waals surface area contributed by atoms with Gasteiger partial charge in [0.25, 0.3) is 5.91 Å². The minimum absolute atomic E-state index is 0.127. The average Bonchev–Trinajstić information content (AvgIpc) is 3.28. The standard InChI is InChI=1S/C26H31NO5S/c1-3-4-5-6-9-21-13-15-23(16-14-21)26(28)27(20-25-12-8-17-31-25)19-22-10-7-11-24(18-22)32-33(2,29)30/h7-8,10-18H,3-6,9,19-20H2,1-2H3. The molecule has 2 aromatic carbocycles. The van der Waals surface area contributed by atoms with E-state index in [0.717, 1.165) is 24.7 Å². The van der Waals surface area contributed by atoms with Crippen molar-refractivity contribution in [1.82, 2.24) is 4.90 Å². The molecule has 1 heterocycles. The topological polar surface area (TPSA) is 76.8 Å². The van der Waals surface area contributed by atoms with Crippen LogP contribution in [0.1, 0.15) is 59.9 Å². The second-order valence-corrected chi connectivity index (χ2v) is 9.76. The van der Waals surface area contributed by atoms with Crippen LogP contribution in [0.2, 0.25) is 0 Å². The molecule has 33 heavy (non-hydrogen) atoms. The molecular weight excluding hydrogens is 438 g/mol. The molecular formula is C26H31NO5S. The van der Waals surface area contributed by atoms with Gasteiger partial charge in [0.15, 0.2) is 0 Å². The molecule has 0 unspecified atom stereocenters. The number of unbranched alkanes of at least 4 members (excludes halogenated alkanes) is 3. The van der Waals surface area contributed by atoms with Gasteiger partial charge in [0.1, 0.15) is 11.5 Å². The number of nitrogens with zero attached hydrogens (tertiary/aromatic N) is 1. The van der Waals surface area contributed by atoms with E-state index in [4.69, 9.17) is 8.60 Å². The van der Waals surface area contributed by atoms with E-state index in [1.165, 1.54) is 24.8 Å². The van der Waals surface area contributed by atoms with Gasteiger partial charge in [-0.05, 0) is 60.4 Å². The summed E-state index contributed by atoms with van der Waals surface area (Å²) in [6.07, 6.45) is 8.41. The fourth-order valence-corrected chi connectivity index (χ4v) is 4.09. The Labute approximate surface area is 196 Å². The minimum atomic E-state index is -3.63. The molecule has 0 spiro atoms. The largest absolute Gasteiger partial charge is 0.467 e. The van der Waals surface area contributed by atoms with Crippen LogP contribution in [-0.4, -0.2) is 25.5 Å². The Hall–Kier alpha value is -3.06. The monoisotopic (exact) mass is 469 g/mol. The smallest absolute Gasteiger partial charge is 0.306 e. The van der Waals surface area contributed by atoms with Crippen LogP contribution in [0.25, 0.3) is 0 Å². The summed E-state index contributed by atoms with van der Waals surface area (Å²) in [6.45, 7) is 2.77. The van der Waals surface area contributed by atoms with Crippen LogP contribution in [0.3, 0.4) is 0 Å². The Morgan fingerprint density at radius 3 is 2.39 bits per heavy atom. The summed E-state index contributed by atoms with van der Waals surface area (Å²) in [5.41, 5.74) is 2.58. The first-order valence-electron chi connectivity index (χ1n) is 11.2. The van der Waals surface area contributed by atoms with Gasteiger partial charge < -0.3 is 13.5 Å². The molecule has 0 fully saturated rings. The third-order valence-electron chi connectivity index (χ3n) is 5.25. The normalized spacial score (nSPS) is 11.3. The van der Waals surface area contributed by atoms with Gasteiger partial charge in [0, 0.05) is 12.1 Å². The van der Waals surface area contributed by atoms with Gasteiger partial charge in [-0.15, -0.1) is 0 Å². The van der Waals surface area contributed by atoms with Gasteiger partial charge in [0.05, 0.1) is 19.1 Å². The van der Waals surface area contributed by atoms with Crippen molar-refractivity contribution < 1.29 is 21.8 Å². The van der Waals surface area contributed by atoms with Gasteiger partial charge in [-0.25, -0.2) is 0 Å². The molecule has 1 aromatic heterocycles. The van der Waals surface area contributed by atoms with Crippen molar-refractivity contribution in [2.75, 3.05) is 6.26 Å². The summed E-state index contributed by atoms with van der Waals surface area (Å²) in [7, 11) is -3.63. The van der Waals surface area contributed by atoms with Crippen molar-refractivity contribution in [3.63, 3.8) is 0 Å². The molecule has 0 bridgehead atoms.